The molecule has 0 aromatic carbocycles. The van der Waals surface area contributed by atoms with Gasteiger partial charge in [0.25, 0.3) is 0 Å². The number of oxazole rings is 1. The van der Waals surface area contributed by atoms with Crippen LogP contribution in [0.2, 0.25) is 0 Å². The normalized spacial score (nSPS) is 19.5. The van der Waals surface area contributed by atoms with E-state index in [9.17, 15) is 4.79 Å². The third-order valence-electron chi connectivity index (χ3n) is 3.98. The van der Waals surface area contributed by atoms with Crippen LogP contribution in [0.3, 0.4) is 0 Å². The van der Waals surface area contributed by atoms with Gasteiger partial charge < -0.3 is 13.6 Å². The van der Waals surface area contributed by atoms with Crippen molar-refractivity contribution in [3.8, 4) is 0 Å². The highest BCUT2D eigenvalue weighted by atomic mass is 16.5. The van der Waals surface area contributed by atoms with Gasteiger partial charge in [-0.25, -0.2) is 4.98 Å². The molecule has 2 aromatic heterocycles. The van der Waals surface area contributed by atoms with Crippen molar-refractivity contribution in [3.63, 3.8) is 0 Å². The first-order valence-electron chi connectivity index (χ1n) is 7.45. The number of rotatable bonds is 5. The molecule has 1 saturated heterocycles. The van der Waals surface area contributed by atoms with Gasteiger partial charge in [0.1, 0.15) is 5.76 Å². The molecule has 6 heteroatoms. The van der Waals surface area contributed by atoms with E-state index in [1.165, 1.54) is 6.26 Å². The SMILES string of the molecule is Cc1nc(CN2CCOCC2CC(=O)c2ccco2)oc1C. The Kier molecular flexibility index (Phi) is 4.40. The summed E-state index contributed by atoms with van der Waals surface area (Å²) in [6.45, 7) is 6.38. The van der Waals surface area contributed by atoms with Crippen LogP contribution in [0.15, 0.2) is 27.2 Å². The van der Waals surface area contributed by atoms with Gasteiger partial charge in [0.05, 0.1) is 31.7 Å². The third-order valence-corrected chi connectivity index (χ3v) is 3.98. The molecule has 0 radical (unpaired) electrons. The lowest BCUT2D eigenvalue weighted by atomic mass is 10.1. The highest BCUT2D eigenvalue weighted by molar-refractivity contribution is 5.93. The lowest BCUT2D eigenvalue weighted by Crippen LogP contribution is -2.45. The largest absolute Gasteiger partial charge is 0.461 e. The van der Waals surface area contributed by atoms with E-state index >= 15 is 0 Å². The molecular formula is C16H20N2O4. The smallest absolute Gasteiger partial charge is 0.208 e. The summed E-state index contributed by atoms with van der Waals surface area (Å²) in [6, 6.07) is 3.43. The zero-order valence-electron chi connectivity index (χ0n) is 12.9. The molecule has 0 N–H and O–H groups in total. The summed E-state index contributed by atoms with van der Waals surface area (Å²) in [5.41, 5.74) is 0.909. The van der Waals surface area contributed by atoms with Gasteiger partial charge in [0.15, 0.2) is 11.5 Å². The monoisotopic (exact) mass is 304 g/mol. The second-order valence-corrected chi connectivity index (χ2v) is 5.55. The minimum absolute atomic E-state index is 0.00901. The molecule has 0 spiro atoms. The van der Waals surface area contributed by atoms with Gasteiger partial charge in [-0.05, 0) is 26.0 Å². The van der Waals surface area contributed by atoms with Crippen molar-refractivity contribution in [3.05, 3.63) is 41.5 Å². The van der Waals surface area contributed by atoms with E-state index in [0.29, 0.717) is 37.8 Å². The summed E-state index contributed by atoms with van der Waals surface area (Å²) in [5.74, 6) is 1.91. The number of morpholine rings is 1. The first-order chi connectivity index (χ1) is 10.6. The van der Waals surface area contributed by atoms with Crippen LogP contribution in [-0.2, 0) is 11.3 Å². The van der Waals surface area contributed by atoms with Crippen molar-refractivity contribution < 1.29 is 18.4 Å². The number of carbonyl (C=O) groups is 1. The van der Waals surface area contributed by atoms with Gasteiger partial charge in [0.2, 0.25) is 5.89 Å². The predicted molar refractivity (Wildman–Crippen MR) is 78.6 cm³/mol. The van der Waals surface area contributed by atoms with E-state index in [2.05, 4.69) is 9.88 Å². The van der Waals surface area contributed by atoms with Crippen LogP contribution in [0.4, 0.5) is 0 Å². The first-order valence-corrected chi connectivity index (χ1v) is 7.45. The van der Waals surface area contributed by atoms with Crippen LogP contribution in [0.5, 0.6) is 0 Å². The van der Waals surface area contributed by atoms with Crippen LogP contribution in [0, 0.1) is 13.8 Å². The minimum atomic E-state index is -0.00901. The Hall–Kier alpha value is -1.92. The second-order valence-electron chi connectivity index (χ2n) is 5.55. The molecule has 1 fully saturated rings. The van der Waals surface area contributed by atoms with Crippen molar-refractivity contribution in [2.45, 2.75) is 32.9 Å². The lowest BCUT2D eigenvalue weighted by molar-refractivity contribution is -0.0161. The summed E-state index contributed by atoms with van der Waals surface area (Å²) < 4.78 is 16.3. The number of nitrogens with zero attached hydrogens (tertiary/aromatic N) is 2. The fourth-order valence-corrected chi connectivity index (χ4v) is 2.62. The molecule has 6 nitrogen and oxygen atoms in total. The first kappa shape index (κ1) is 15.0. The van der Waals surface area contributed by atoms with Gasteiger partial charge >= 0.3 is 0 Å². The van der Waals surface area contributed by atoms with E-state index in [4.69, 9.17) is 13.6 Å². The molecule has 0 aliphatic carbocycles. The van der Waals surface area contributed by atoms with Crippen LogP contribution < -0.4 is 0 Å². The molecule has 0 bridgehead atoms. The molecular weight excluding hydrogens is 284 g/mol. The number of ketones is 1. The fraction of sp³-hybridized carbons (Fsp3) is 0.500. The molecule has 22 heavy (non-hydrogen) atoms. The number of hydrogen-bond donors (Lipinski definition) is 0. The summed E-state index contributed by atoms with van der Waals surface area (Å²) >= 11 is 0. The molecule has 1 aliphatic heterocycles. The highest BCUT2D eigenvalue weighted by Crippen LogP contribution is 2.18. The second kappa shape index (κ2) is 6.46. The summed E-state index contributed by atoms with van der Waals surface area (Å²) in [5, 5.41) is 0. The van der Waals surface area contributed by atoms with Crippen LogP contribution in [-0.4, -0.2) is 41.5 Å². The summed E-state index contributed by atoms with van der Waals surface area (Å²) in [4.78, 5) is 18.8. The number of carbonyl (C=O) groups excluding carboxylic acids is 1. The van der Waals surface area contributed by atoms with Gasteiger partial charge in [-0.1, -0.05) is 0 Å². The van der Waals surface area contributed by atoms with E-state index in [1.54, 1.807) is 12.1 Å². The van der Waals surface area contributed by atoms with E-state index in [1.807, 2.05) is 13.8 Å². The van der Waals surface area contributed by atoms with Crippen molar-refractivity contribution in [1.29, 1.82) is 0 Å². The number of Topliss-reactive ketones (excluding diaryl/α,β-unsaturated/α-hetero) is 1. The zero-order chi connectivity index (χ0) is 15.5. The quantitative estimate of drug-likeness (QED) is 0.790. The van der Waals surface area contributed by atoms with Crippen LogP contribution in [0.25, 0.3) is 0 Å². The molecule has 1 atom stereocenters. The molecule has 0 amide bonds. The molecule has 2 aromatic rings. The number of hydrogen-bond acceptors (Lipinski definition) is 6. The van der Waals surface area contributed by atoms with Crippen molar-refractivity contribution in [2.75, 3.05) is 19.8 Å². The van der Waals surface area contributed by atoms with Crippen molar-refractivity contribution in [2.24, 2.45) is 0 Å². The van der Waals surface area contributed by atoms with E-state index < -0.39 is 0 Å². The molecule has 3 rings (SSSR count). The van der Waals surface area contributed by atoms with Crippen LogP contribution >= 0.6 is 0 Å². The molecule has 1 aliphatic rings. The Morgan fingerprint density at radius 1 is 1.45 bits per heavy atom. The Labute approximate surface area is 129 Å². The zero-order valence-corrected chi connectivity index (χ0v) is 12.9. The average Bonchev–Trinajstić information content (AvgIpc) is 3.12. The summed E-state index contributed by atoms with van der Waals surface area (Å²) in [6.07, 6.45) is 1.88. The Morgan fingerprint density at radius 2 is 2.32 bits per heavy atom. The van der Waals surface area contributed by atoms with E-state index in [0.717, 1.165) is 18.0 Å². The topological polar surface area (TPSA) is 68.7 Å². The van der Waals surface area contributed by atoms with Gasteiger partial charge in [-0.15, -0.1) is 0 Å². The molecule has 0 saturated carbocycles. The van der Waals surface area contributed by atoms with Crippen LogP contribution in [0.1, 0.15) is 34.3 Å². The van der Waals surface area contributed by atoms with E-state index in [-0.39, 0.29) is 11.8 Å². The maximum Gasteiger partial charge on any atom is 0.208 e. The minimum Gasteiger partial charge on any atom is -0.461 e. The number of aromatic nitrogens is 1. The Balaban J connectivity index is 1.67. The Morgan fingerprint density at radius 3 is 3.00 bits per heavy atom. The maximum absolute atomic E-state index is 12.2. The van der Waals surface area contributed by atoms with Crippen molar-refractivity contribution in [1.82, 2.24) is 9.88 Å². The standard InChI is InChI=1S/C16H20N2O4/c1-11-12(2)22-16(17-11)9-18-5-7-20-10-13(18)8-14(19)15-4-3-6-21-15/h3-4,6,13H,5,7-10H2,1-2H3. The predicted octanol–water partition coefficient (Wildman–Crippen LogP) is 2.36. The Bertz CT molecular complexity index is 613. The molecule has 3 heterocycles. The average molecular weight is 304 g/mol. The van der Waals surface area contributed by atoms with Gasteiger partial charge in [-0.3, -0.25) is 9.69 Å². The van der Waals surface area contributed by atoms with Crippen molar-refractivity contribution >= 4 is 5.78 Å². The van der Waals surface area contributed by atoms with Gasteiger partial charge in [-0.2, -0.15) is 0 Å². The maximum atomic E-state index is 12.2. The molecule has 1 unspecified atom stereocenters. The van der Waals surface area contributed by atoms with Gasteiger partial charge in [0, 0.05) is 19.0 Å². The molecule has 118 valence electrons. The fourth-order valence-electron chi connectivity index (χ4n) is 2.62. The number of aryl methyl sites for hydroxylation is 2. The number of ether oxygens (including phenoxy) is 1. The summed E-state index contributed by atoms with van der Waals surface area (Å²) in [7, 11) is 0. The highest BCUT2D eigenvalue weighted by Gasteiger charge is 2.28. The lowest BCUT2D eigenvalue weighted by Gasteiger charge is -2.34. The third kappa shape index (κ3) is 3.28. The number of furan rings is 1.